The van der Waals surface area contributed by atoms with Gasteiger partial charge in [0.1, 0.15) is 12.3 Å². The molecule has 1 amide bonds. The Labute approximate surface area is 315 Å². The van der Waals surface area contributed by atoms with Crippen molar-refractivity contribution in [3.05, 3.63) is 115 Å². The van der Waals surface area contributed by atoms with Gasteiger partial charge in [0, 0.05) is 44.8 Å². The number of rotatable bonds is 13. The van der Waals surface area contributed by atoms with E-state index < -0.39 is 79.0 Å². The Kier molecular flexibility index (Phi) is 8.48. The molecule has 1 aliphatic carbocycles. The largest absolute Gasteiger partial charge is 0.416 e. The van der Waals surface area contributed by atoms with Gasteiger partial charge in [-0.05, 0) is 117 Å². The van der Waals surface area contributed by atoms with E-state index in [-0.39, 0.29) is 57.5 Å². The fourth-order valence-electron chi connectivity index (χ4n) is 5.87. The standard InChI is InChI=1S/C40H46F4N4O2S/c1-7-46(8-2)20-21-47(22-29-12-14-30(15-13-29)31-16-18-32(19-17-31)40(42,43)44)36(49)23-48-35-11-9-10-33(35)38(50)45-39(48)51-24-34-25(3)27(5)37(41)28(6)26(34)4/h12-19H,7-11,20-24H2,1-6H3/i7D2,8D2,22D2,23D2,24D2. The molecule has 1 aliphatic rings. The number of thioether (sulfide) groups is 1. The Bertz CT molecular complexity index is 2340. The number of halogens is 4. The molecule has 0 bridgehead atoms. The van der Waals surface area contributed by atoms with Gasteiger partial charge in [-0.15, -0.1) is 0 Å². The first-order valence-corrected chi connectivity index (χ1v) is 17.1. The van der Waals surface area contributed by atoms with Crippen LogP contribution in [0.4, 0.5) is 17.6 Å². The van der Waals surface area contributed by atoms with Crippen molar-refractivity contribution >= 4 is 17.7 Å². The Morgan fingerprint density at radius 3 is 2.06 bits per heavy atom. The Morgan fingerprint density at radius 2 is 1.49 bits per heavy atom. The van der Waals surface area contributed by atoms with E-state index in [0.29, 0.717) is 34.2 Å². The molecule has 272 valence electrons. The molecule has 11 heteroatoms. The molecule has 0 saturated carbocycles. The van der Waals surface area contributed by atoms with Crippen molar-refractivity contribution in [1.29, 1.82) is 0 Å². The fraction of sp³-hybridized carbons (Fsp3) is 0.425. The molecule has 3 aromatic carbocycles. The number of nitrogens with zero attached hydrogens (tertiary/aromatic N) is 4. The number of amides is 1. The molecule has 0 atom stereocenters. The number of fused-ring (bicyclic) bond motifs is 1. The first kappa shape index (κ1) is 26.8. The number of hydrogen-bond acceptors (Lipinski definition) is 5. The first-order valence-electron chi connectivity index (χ1n) is 21.3. The maximum atomic E-state index is 15.1. The van der Waals surface area contributed by atoms with E-state index in [9.17, 15) is 31.0 Å². The molecule has 0 unspecified atom stereocenters. The zero-order chi connectivity index (χ0) is 46.0. The minimum Gasteiger partial charge on any atom is -0.336 e. The third kappa shape index (κ3) is 8.58. The van der Waals surface area contributed by atoms with E-state index in [1.165, 1.54) is 64.1 Å². The van der Waals surface area contributed by atoms with Gasteiger partial charge in [-0.2, -0.15) is 18.2 Å². The van der Waals surface area contributed by atoms with Crippen molar-refractivity contribution in [3.63, 3.8) is 0 Å². The van der Waals surface area contributed by atoms with Gasteiger partial charge in [-0.25, -0.2) is 4.39 Å². The molecular weight excluding hydrogens is 677 g/mol. The van der Waals surface area contributed by atoms with Crippen LogP contribution in [0.25, 0.3) is 11.1 Å². The maximum absolute atomic E-state index is 15.1. The predicted octanol–water partition coefficient (Wildman–Crippen LogP) is 8.45. The van der Waals surface area contributed by atoms with Crippen molar-refractivity contribution in [2.45, 2.75) is 90.8 Å². The average molecular weight is 733 g/mol. The van der Waals surface area contributed by atoms with Gasteiger partial charge >= 0.3 is 6.18 Å². The molecule has 4 aromatic rings. The van der Waals surface area contributed by atoms with Crippen LogP contribution in [0.3, 0.4) is 0 Å². The molecule has 0 saturated heterocycles. The van der Waals surface area contributed by atoms with Gasteiger partial charge in [-0.1, -0.05) is 62.0 Å². The van der Waals surface area contributed by atoms with E-state index in [2.05, 4.69) is 4.98 Å². The van der Waals surface area contributed by atoms with Crippen LogP contribution in [0.1, 0.15) is 84.2 Å². The average Bonchev–Trinajstić information content (AvgIpc) is 3.63. The fourth-order valence-corrected chi connectivity index (χ4v) is 6.74. The number of carbonyl (C=O) groups excluding carboxylic acids is 1. The number of likely N-dealkylation sites (N-methyl/N-ethyl adjacent to an activating group) is 1. The van der Waals surface area contributed by atoms with Gasteiger partial charge in [0.2, 0.25) is 5.91 Å². The highest BCUT2D eigenvalue weighted by atomic mass is 32.2. The smallest absolute Gasteiger partial charge is 0.336 e. The van der Waals surface area contributed by atoms with E-state index in [1.54, 1.807) is 0 Å². The molecule has 1 heterocycles. The normalized spacial score (nSPS) is 17.2. The predicted molar refractivity (Wildman–Crippen MR) is 196 cm³/mol. The monoisotopic (exact) mass is 732 g/mol. The highest BCUT2D eigenvalue weighted by molar-refractivity contribution is 7.98. The topological polar surface area (TPSA) is 58.4 Å². The zero-order valence-electron chi connectivity index (χ0n) is 39.2. The lowest BCUT2D eigenvalue weighted by Gasteiger charge is -2.28. The lowest BCUT2D eigenvalue weighted by atomic mass is 9.94. The highest BCUT2D eigenvalue weighted by Crippen LogP contribution is 2.33. The molecule has 0 fully saturated rings. The van der Waals surface area contributed by atoms with Crippen LogP contribution in [0, 0.1) is 33.5 Å². The summed E-state index contributed by atoms with van der Waals surface area (Å²) < 4.78 is 145. The first-order chi connectivity index (χ1) is 27.8. The van der Waals surface area contributed by atoms with Crippen LogP contribution in [-0.2, 0) is 42.5 Å². The number of hydrogen-bond donors (Lipinski definition) is 0. The van der Waals surface area contributed by atoms with Crippen molar-refractivity contribution < 1.29 is 36.1 Å². The summed E-state index contributed by atoms with van der Waals surface area (Å²) >= 11 is 0.332. The van der Waals surface area contributed by atoms with E-state index in [4.69, 9.17) is 5.48 Å². The molecule has 0 spiro atoms. The quantitative estimate of drug-likeness (QED) is 0.0785. The SMILES string of the molecule is [2H]C([2H])(Sc1nc(=O)c2c(n1C([2H])([2H])C(=O)N(CCN(C([2H])([2H])C)C([2H])([2H])C)C([2H])([2H])c1ccc(-c3ccc(C(F)(F)F)cc3)cc1)CCC2)c1c(C)c(C)c(F)c(C)c1C. The molecule has 1 aromatic heterocycles. The van der Waals surface area contributed by atoms with Crippen LogP contribution < -0.4 is 5.56 Å². The summed E-state index contributed by atoms with van der Waals surface area (Å²) in [7, 11) is 0. The molecule has 0 aliphatic heterocycles. The lowest BCUT2D eigenvalue weighted by molar-refractivity contribution is -0.137. The second-order valence-corrected chi connectivity index (χ2v) is 12.9. The van der Waals surface area contributed by atoms with Gasteiger partial charge in [0.15, 0.2) is 5.16 Å². The highest BCUT2D eigenvalue weighted by Gasteiger charge is 2.30. The Hall–Kier alpha value is -3.96. The third-order valence-electron chi connectivity index (χ3n) is 9.12. The Morgan fingerprint density at radius 1 is 0.902 bits per heavy atom. The number of alkyl halides is 3. The summed E-state index contributed by atoms with van der Waals surface area (Å²) in [6.45, 7) is -4.23. The van der Waals surface area contributed by atoms with Gasteiger partial charge < -0.3 is 14.4 Å². The van der Waals surface area contributed by atoms with E-state index in [0.717, 1.165) is 35.4 Å². The van der Waals surface area contributed by atoms with Crippen molar-refractivity contribution in [2.75, 3.05) is 26.1 Å². The maximum Gasteiger partial charge on any atom is 0.416 e. The van der Waals surface area contributed by atoms with Crippen molar-refractivity contribution in [3.8, 4) is 11.1 Å². The van der Waals surface area contributed by atoms with Crippen LogP contribution in [0.2, 0.25) is 0 Å². The number of aromatic nitrogens is 2. The molecule has 5 rings (SSSR count). The molecular formula is C40H46F4N4O2S. The summed E-state index contributed by atoms with van der Waals surface area (Å²) in [4.78, 5) is 33.6. The summed E-state index contributed by atoms with van der Waals surface area (Å²) in [5.41, 5.74) is -2.53. The second kappa shape index (κ2) is 16.2. The van der Waals surface area contributed by atoms with Crippen LogP contribution in [0.15, 0.2) is 58.5 Å². The van der Waals surface area contributed by atoms with Crippen LogP contribution >= 0.6 is 11.8 Å². The molecule has 51 heavy (non-hydrogen) atoms. The Balaban J connectivity index is 1.65. The lowest BCUT2D eigenvalue weighted by Crippen LogP contribution is -2.40. The summed E-state index contributed by atoms with van der Waals surface area (Å²) in [5, 5.41) is -0.551. The minimum absolute atomic E-state index is 0.0365. The zero-order valence-corrected chi connectivity index (χ0v) is 30.0. The summed E-state index contributed by atoms with van der Waals surface area (Å²) in [5.74, 6) is -2.08. The van der Waals surface area contributed by atoms with E-state index >= 15 is 4.39 Å². The number of benzene rings is 3. The molecule has 0 N–H and O–H groups in total. The van der Waals surface area contributed by atoms with Gasteiger partial charge in [0.25, 0.3) is 5.56 Å². The van der Waals surface area contributed by atoms with Crippen LogP contribution in [0.5, 0.6) is 0 Å². The van der Waals surface area contributed by atoms with Gasteiger partial charge in [-0.3, -0.25) is 9.59 Å². The van der Waals surface area contributed by atoms with Crippen molar-refractivity contribution in [2.24, 2.45) is 0 Å². The van der Waals surface area contributed by atoms with Crippen LogP contribution in [-0.4, -0.2) is 51.3 Å². The summed E-state index contributed by atoms with van der Waals surface area (Å²) in [6.07, 6.45) is -3.98. The third-order valence-corrected chi connectivity index (χ3v) is 9.88. The summed E-state index contributed by atoms with van der Waals surface area (Å²) in [6, 6.07) is 9.55. The number of carbonyl (C=O) groups is 1. The van der Waals surface area contributed by atoms with Gasteiger partial charge in [0.05, 0.1) is 11.0 Å². The molecule has 0 radical (unpaired) electrons. The van der Waals surface area contributed by atoms with E-state index in [1.807, 2.05) is 0 Å². The second-order valence-electron chi connectivity index (χ2n) is 12.1. The molecule has 6 nitrogen and oxygen atoms in total. The van der Waals surface area contributed by atoms with Crippen molar-refractivity contribution in [1.82, 2.24) is 19.4 Å². The minimum atomic E-state index is -4.57.